The number of hydrogen-bond acceptors (Lipinski definition) is 3. The third kappa shape index (κ3) is 3.55. The van der Waals surface area contributed by atoms with Crippen LogP contribution in [0.15, 0.2) is 30.3 Å². The minimum absolute atomic E-state index is 0.600. The molecule has 3 aromatic rings. The molecule has 1 N–H and O–H groups in total. The predicted octanol–water partition coefficient (Wildman–Crippen LogP) is 5.21. The number of rotatable bonds is 4. The summed E-state index contributed by atoms with van der Waals surface area (Å²) in [4.78, 5) is 17.1. The summed E-state index contributed by atoms with van der Waals surface area (Å²) in [6.45, 7) is 10.5. The van der Waals surface area contributed by atoms with Gasteiger partial charge in [0.1, 0.15) is 5.65 Å². The van der Waals surface area contributed by atoms with Crippen molar-refractivity contribution in [2.75, 3.05) is 0 Å². The van der Waals surface area contributed by atoms with E-state index >= 15 is 0 Å². The Bertz CT molecular complexity index is 1090. The van der Waals surface area contributed by atoms with Crippen molar-refractivity contribution in [1.29, 1.82) is 0 Å². The van der Waals surface area contributed by atoms with Crippen LogP contribution in [-0.4, -0.2) is 26.2 Å². The third-order valence-electron chi connectivity index (χ3n) is 5.47. The van der Waals surface area contributed by atoms with Gasteiger partial charge in [-0.05, 0) is 59.1 Å². The highest BCUT2D eigenvalue weighted by Gasteiger charge is 2.33. The monoisotopic (exact) mass is 392 g/mol. The van der Waals surface area contributed by atoms with Gasteiger partial charge >= 0.3 is 5.97 Å². The van der Waals surface area contributed by atoms with Crippen LogP contribution in [0.5, 0.6) is 0 Å². The molecule has 29 heavy (non-hydrogen) atoms. The number of nitrogens with zero attached hydrogens (tertiary/aromatic N) is 2. The Morgan fingerprint density at radius 1 is 1.21 bits per heavy atom. The first-order valence-electron chi connectivity index (χ1n) is 10.2. The van der Waals surface area contributed by atoms with Gasteiger partial charge in [0.25, 0.3) is 0 Å². The van der Waals surface area contributed by atoms with Gasteiger partial charge in [0.2, 0.25) is 0 Å². The first kappa shape index (κ1) is 19.6. The normalized spacial score (nSPS) is 14.9. The molecule has 0 radical (unpaired) electrons. The molecule has 1 atom stereocenters. The summed E-state index contributed by atoms with van der Waals surface area (Å²) in [5.41, 5.74) is 6.04. The number of aromatic nitrogens is 2. The topological polar surface area (TPSA) is 64.3 Å². The van der Waals surface area contributed by atoms with E-state index in [9.17, 15) is 9.90 Å². The summed E-state index contributed by atoms with van der Waals surface area (Å²) in [6.07, 6.45) is 1.06. The van der Waals surface area contributed by atoms with Crippen LogP contribution < -0.4 is 0 Å². The van der Waals surface area contributed by atoms with E-state index in [2.05, 4.69) is 34.9 Å². The van der Waals surface area contributed by atoms with Gasteiger partial charge in [-0.1, -0.05) is 29.8 Å². The lowest BCUT2D eigenvalue weighted by Crippen LogP contribution is -2.28. The molecule has 3 heterocycles. The van der Waals surface area contributed by atoms with Crippen molar-refractivity contribution in [3.8, 4) is 11.1 Å². The Labute approximate surface area is 171 Å². The van der Waals surface area contributed by atoms with E-state index in [-0.39, 0.29) is 0 Å². The molecule has 5 nitrogen and oxygen atoms in total. The van der Waals surface area contributed by atoms with Gasteiger partial charge in [-0.25, -0.2) is 9.78 Å². The van der Waals surface area contributed by atoms with E-state index in [0.29, 0.717) is 11.3 Å². The van der Waals surface area contributed by atoms with Crippen molar-refractivity contribution in [3.63, 3.8) is 0 Å². The molecule has 0 amide bonds. The Morgan fingerprint density at radius 2 is 1.90 bits per heavy atom. The zero-order valence-corrected chi connectivity index (χ0v) is 17.7. The first-order chi connectivity index (χ1) is 13.7. The summed E-state index contributed by atoms with van der Waals surface area (Å²) in [5, 5.41) is 11.1. The van der Waals surface area contributed by atoms with Gasteiger partial charge in [0, 0.05) is 34.4 Å². The van der Waals surface area contributed by atoms with Crippen molar-refractivity contribution < 1.29 is 14.6 Å². The number of ether oxygens (including phenoxy) is 1. The average Bonchev–Trinajstić information content (AvgIpc) is 3.21. The highest BCUT2D eigenvalue weighted by atomic mass is 16.5. The largest absolute Gasteiger partial charge is 0.479 e. The third-order valence-corrected chi connectivity index (χ3v) is 5.47. The van der Waals surface area contributed by atoms with Crippen LogP contribution in [0.2, 0.25) is 0 Å². The number of pyridine rings is 1. The number of hydrogen-bond donors (Lipinski definition) is 1. The highest BCUT2D eigenvalue weighted by molar-refractivity contribution is 5.98. The average molecular weight is 392 g/mol. The molecule has 0 aliphatic carbocycles. The molecule has 5 heteroatoms. The lowest BCUT2D eigenvalue weighted by molar-refractivity contribution is -0.160. The Balaban J connectivity index is 2.05. The second-order valence-corrected chi connectivity index (χ2v) is 8.93. The second kappa shape index (κ2) is 6.99. The van der Waals surface area contributed by atoms with Crippen molar-refractivity contribution in [2.45, 2.75) is 65.7 Å². The van der Waals surface area contributed by atoms with E-state index in [1.165, 1.54) is 5.69 Å². The van der Waals surface area contributed by atoms with E-state index in [0.717, 1.165) is 47.1 Å². The number of fused-ring (bicyclic) bond motifs is 3. The smallest absolute Gasteiger partial charge is 0.337 e. The fraction of sp³-hybridized carbons (Fsp3) is 0.417. The minimum Gasteiger partial charge on any atom is -0.479 e. The number of aliphatic carboxylic acids is 1. The SMILES string of the molecule is Cc1ccc(-c2c([C@H](OC(C)(C)C)C(=O)O)c(C)nc3c2cc2n3CCC2)cc1. The molecular weight excluding hydrogens is 364 g/mol. The molecule has 0 bridgehead atoms. The minimum atomic E-state index is -1.09. The second-order valence-electron chi connectivity index (χ2n) is 8.93. The fourth-order valence-electron chi connectivity index (χ4n) is 4.25. The quantitative estimate of drug-likeness (QED) is 0.662. The van der Waals surface area contributed by atoms with Crippen LogP contribution in [0, 0.1) is 13.8 Å². The van der Waals surface area contributed by atoms with Gasteiger partial charge in [-0.2, -0.15) is 0 Å². The molecule has 1 aliphatic heterocycles. The maximum Gasteiger partial charge on any atom is 0.337 e. The van der Waals surface area contributed by atoms with E-state index in [4.69, 9.17) is 9.72 Å². The molecule has 1 aliphatic rings. The van der Waals surface area contributed by atoms with E-state index in [1.807, 2.05) is 34.6 Å². The molecular formula is C24H28N2O3. The lowest BCUT2D eigenvalue weighted by atomic mass is 9.91. The van der Waals surface area contributed by atoms with Crippen LogP contribution in [-0.2, 0) is 22.5 Å². The van der Waals surface area contributed by atoms with Gasteiger partial charge in [-0.3, -0.25) is 0 Å². The molecule has 152 valence electrons. The maximum atomic E-state index is 12.3. The number of benzene rings is 1. The van der Waals surface area contributed by atoms with Gasteiger partial charge in [0.05, 0.1) is 5.60 Å². The van der Waals surface area contributed by atoms with Gasteiger partial charge in [-0.15, -0.1) is 0 Å². The Morgan fingerprint density at radius 3 is 2.52 bits per heavy atom. The Hall–Kier alpha value is -2.66. The zero-order chi connectivity index (χ0) is 20.9. The fourth-order valence-corrected chi connectivity index (χ4v) is 4.25. The van der Waals surface area contributed by atoms with Crippen molar-refractivity contribution in [3.05, 3.63) is 52.8 Å². The van der Waals surface area contributed by atoms with Crippen LogP contribution in [0.25, 0.3) is 22.2 Å². The Kier molecular flexibility index (Phi) is 4.74. The van der Waals surface area contributed by atoms with Crippen LogP contribution >= 0.6 is 0 Å². The predicted molar refractivity (Wildman–Crippen MR) is 114 cm³/mol. The number of carboxylic acid groups (broad SMARTS) is 1. The van der Waals surface area contributed by atoms with Crippen LogP contribution in [0.1, 0.15) is 55.8 Å². The molecule has 0 saturated heterocycles. The molecule has 2 aromatic heterocycles. The standard InChI is InChI=1S/C24H28N2O3/c1-14-8-10-16(11-9-14)20-18-13-17-7-6-12-26(17)22(18)25-15(2)19(20)21(23(27)28)29-24(3,4)5/h8-11,13,21H,6-7,12H2,1-5H3,(H,27,28)/t21-/m0/s1. The van der Waals surface area contributed by atoms with Crippen LogP contribution in [0.4, 0.5) is 0 Å². The molecule has 0 unspecified atom stereocenters. The zero-order valence-electron chi connectivity index (χ0n) is 17.7. The summed E-state index contributed by atoms with van der Waals surface area (Å²) in [6, 6.07) is 10.4. The summed E-state index contributed by atoms with van der Waals surface area (Å²) in [7, 11) is 0. The van der Waals surface area contributed by atoms with E-state index < -0.39 is 17.7 Å². The van der Waals surface area contributed by atoms with Crippen molar-refractivity contribution in [1.82, 2.24) is 9.55 Å². The maximum absolute atomic E-state index is 12.3. The molecule has 1 aromatic carbocycles. The molecule has 0 spiro atoms. The van der Waals surface area contributed by atoms with Crippen molar-refractivity contribution >= 4 is 17.0 Å². The number of carboxylic acids is 1. The summed E-state index contributed by atoms with van der Waals surface area (Å²) >= 11 is 0. The van der Waals surface area contributed by atoms with E-state index in [1.54, 1.807) is 0 Å². The van der Waals surface area contributed by atoms with Crippen LogP contribution in [0.3, 0.4) is 0 Å². The van der Waals surface area contributed by atoms with Gasteiger partial charge in [0.15, 0.2) is 6.10 Å². The number of aryl methyl sites for hydroxylation is 4. The summed E-state index contributed by atoms with van der Waals surface area (Å²) in [5.74, 6) is -0.996. The van der Waals surface area contributed by atoms with Gasteiger partial charge < -0.3 is 14.4 Å². The molecule has 0 saturated carbocycles. The first-order valence-corrected chi connectivity index (χ1v) is 10.2. The molecule has 0 fully saturated rings. The summed E-state index contributed by atoms with van der Waals surface area (Å²) < 4.78 is 8.30. The molecule has 4 rings (SSSR count). The highest BCUT2D eigenvalue weighted by Crippen LogP contribution is 2.41. The number of carbonyl (C=O) groups is 1. The van der Waals surface area contributed by atoms with Crippen molar-refractivity contribution in [2.24, 2.45) is 0 Å². The lowest BCUT2D eigenvalue weighted by Gasteiger charge is -2.28.